The van der Waals surface area contributed by atoms with Crippen LogP contribution in [0.2, 0.25) is 0 Å². The molecule has 6 heteroatoms. The van der Waals surface area contributed by atoms with E-state index in [1.54, 1.807) is 19.9 Å². The van der Waals surface area contributed by atoms with Crippen LogP contribution in [0.1, 0.15) is 17.0 Å². The number of nitrogens with two attached hydrogens (primary N) is 1. The Morgan fingerprint density at radius 3 is 2.42 bits per heavy atom. The van der Waals surface area contributed by atoms with Crippen LogP contribution in [0.15, 0.2) is 24.3 Å². The van der Waals surface area contributed by atoms with E-state index in [0.717, 1.165) is 12.1 Å². The molecule has 1 aromatic heterocycles. The second kappa shape index (κ2) is 4.53. The maximum absolute atomic E-state index is 12.7. The zero-order chi connectivity index (χ0) is 14.2. The minimum absolute atomic E-state index is 0.278. The quantitative estimate of drug-likeness (QED) is 0.861. The summed E-state index contributed by atoms with van der Waals surface area (Å²) in [4.78, 5) is 8.14. The Morgan fingerprint density at radius 1 is 1.11 bits per heavy atom. The summed E-state index contributed by atoms with van der Waals surface area (Å²) in [6.45, 7) is 3.33. The van der Waals surface area contributed by atoms with Gasteiger partial charge >= 0.3 is 6.18 Å². The number of anilines is 1. The molecule has 0 aliphatic rings. The molecule has 0 bridgehead atoms. The van der Waals surface area contributed by atoms with Crippen molar-refractivity contribution in [3.63, 3.8) is 0 Å². The molecule has 2 aromatic rings. The van der Waals surface area contributed by atoms with E-state index >= 15 is 0 Å². The molecular weight excluding hydrogens is 255 g/mol. The normalized spacial score (nSPS) is 11.6. The lowest BCUT2D eigenvalue weighted by atomic mass is 10.0. The molecule has 100 valence electrons. The predicted molar refractivity (Wildman–Crippen MR) is 66.4 cm³/mol. The van der Waals surface area contributed by atoms with E-state index in [4.69, 9.17) is 5.73 Å². The average Bonchev–Trinajstić information content (AvgIpc) is 2.33. The molecule has 0 amide bonds. The molecule has 3 nitrogen and oxygen atoms in total. The first-order chi connectivity index (χ1) is 8.79. The number of benzene rings is 1. The Balaban J connectivity index is 2.60. The van der Waals surface area contributed by atoms with Gasteiger partial charge in [0.1, 0.15) is 11.6 Å². The van der Waals surface area contributed by atoms with Crippen LogP contribution in [0, 0.1) is 13.8 Å². The Kier molecular flexibility index (Phi) is 3.18. The van der Waals surface area contributed by atoms with Gasteiger partial charge in [0.25, 0.3) is 0 Å². The largest absolute Gasteiger partial charge is 0.416 e. The minimum Gasteiger partial charge on any atom is -0.383 e. The van der Waals surface area contributed by atoms with E-state index in [-0.39, 0.29) is 5.82 Å². The molecule has 0 spiro atoms. The van der Waals surface area contributed by atoms with E-state index in [1.165, 1.54) is 6.07 Å². The average molecular weight is 267 g/mol. The second-order valence-electron chi connectivity index (χ2n) is 4.21. The first-order valence-corrected chi connectivity index (χ1v) is 5.57. The van der Waals surface area contributed by atoms with Gasteiger partial charge in [0.05, 0.1) is 11.3 Å². The Labute approximate surface area is 108 Å². The van der Waals surface area contributed by atoms with Crippen molar-refractivity contribution in [2.24, 2.45) is 0 Å². The van der Waals surface area contributed by atoms with Gasteiger partial charge in [0.2, 0.25) is 0 Å². The number of nitrogen functional groups attached to an aromatic ring is 1. The van der Waals surface area contributed by atoms with E-state index in [9.17, 15) is 13.2 Å². The molecule has 0 atom stereocenters. The topological polar surface area (TPSA) is 51.8 Å². The zero-order valence-corrected chi connectivity index (χ0v) is 10.4. The van der Waals surface area contributed by atoms with E-state index in [2.05, 4.69) is 9.97 Å². The molecule has 0 saturated heterocycles. The van der Waals surface area contributed by atoms with Crippen LogP contribution in [0.25, 0.3) is 11.3 Å². The van der Waals surface area contributed by atoms with Gasteiger partial charge < -0.3 is 5.73 Å². The van der Waals surface area contributed by atoms with Crippen molar-refractivity contribution in [1.29, 1.82) is 0 Å². The van der Waals surface area contributed by atoms with Crippen LogP contribution in [0.4, 0.5) is 19.0 Å². The summed E-state index contributed by atoms with van der Waals surface area (Å²) >= 11 is 0. The first kappa shape index (κ1) is 13.3. The lowest BCUT2D eigenvalue weighted by Gasteiger charge is -2.11. The summed E-state index contributed by atoms with van der Waals surface area (Å²) < 4.78 is 38.1. The monoisotopic (exact) mass is 267 g/mol. The van der Waals surface area contributed by atoms with Crippen molar-refractivity contribution in [2.75, 3.05) is 5.73 Å². The lowest BCUT2D eigenvalue weighted by molar-refractivity contribution is -0.137. The molecule has 0 saturated carbocycles. The van der Waals surface area contributed by atoms with E-state index in [0.29, 0.717) is 22.6 Å². The first-order valence-electron chi connectivity index (χ1n) is 5.57. The maximum Gasteiger partial charge on any atom is 0.416 e. The van der Waals surface area contributed by atoms with Crippen LogP contribution in [0.5, 0.6) is 0 Å². The maximum atomic E-state index is 12.7. The van der Waals surface area contributed by atoms with Gasteiger partial charge in [-0.25, -0.2) is 9.97 Å². The number of aromatic nitrogens is 2. The zero-order valence-electron chi connectivity index (χ0n) is 10.4. The van der Waals surface area contributed by atoms with Crippen LogP contribution in [-0.4, -0.2) is 9.97 Å². The van der Waals surface area contributed by atoms with Gasteiger partial charge in [-0.15, -0.1) is 0 Å². The minimum atomic E-state index is -4.38. The van der Waals surface area contributed by atoms with Crippen LogP contribution < -0.4 is 5.73 Å². The van der Waals surface area contributed by atoms with Crippen LogP contribution in [-0.2, 0) is 6.18 Å². The number of nitrogens with zero attached hydrogens (tertiary/aromatic N) is 2. The second-order valence-corrected chi connectivity index (χ2v) is 4.21. The van der Waals surface area contributed by atoms with Gasteiger partial charge in [0, 0.05) is 11.1 Å². The standard InChI is InChI=1S/C13H12F3N3/c1-7-11(18-8(2)19-12(7)17)9-4-3-5-10(6-9)13(14,15)16/h3-6H,1-2H3,(H2,17,18,19). The molecule has 19 heavy (non-hydrogen) atoms. The highest BCUT2D eigenvalue weighted by Crippen LogP contribution is 2.33. The molecule has 0 aliphatic carbocycles. The number of rotatable bonds is 1. The van der Waals surface area contributed by atoms with Crippen molar-refractivity contribution in [3.8, 4) is 11.3 Å². The number of hydrogen-bond acceptors (Lipinski definition) is 3. The van der Waals surface area contributed by atoms with Crippen molar-refractivity contribution in [1.82, 2.24) is 9.97 Å². The van der Waals surface area contributed by atoms with Crippen molar-refractivity contribution < 1.29 is 13.2 Å². The molecule has 0 aliphatic heterocycles. The summed E-state index contributed by atoms with van der Waals surface area (Å²) in [5.74, 6) is 0.704. The molecule has 2 rings (SSSR count). The fourth-order valence-corrected chi connectivity index (χ4v) is 1.77. The van der Waals surface area contributed by atoms with E-state index in [1.807, 2.05) is 0 Å². The Morgan fingerprint density at radius 2 is 1.79 bits per heavy atom. The van der Waals surface area contributed by atoms with Crippen molar-refractivity contribution in [3.05, 3.63) is 41.2 Å². The summed E-state index contributed by atoms with van der Waals surface area (Å²) in [5.41, 5.74) is 6.38. The smallest absolute Gasteiger partial charge is 0.383 e. The van der Waals surface area contributed by atoms with Gasteiger partial charge in [-0.2, -0.15) is 13.2 Å². The Hall–Kier alpha value is -2.11. The third-order valence-corrected chi connectivity index (χ3v) is 2.76. The fraction of sp³-hybridized carbons (Fsp3) is 0.231. The number of hydrogen-bond donors (Lipinski definition) is 1. The summed E-state index contributed by atoms with van der Waals surface area (Å²) in [7, 11) is 0. The molecule has 0 unspecified atom stereocenters. The van der Waals surface area contributed by atoms with Crippen molar-refractivity contribution in [2.45, 2.75) is 20.0 Å². The van der Waals surface area contributed by atoms with Gasteiger partial charge in [0.15, 0.2) is 0 Å². The highest BCUT2D eigenvalue weighted by Gasteiger charge is 2.30. The molecule has 1 heterocycles. The Bertz CT molecular complexity index is 621. The third-order valence-electron chi connectivity index (χ3n) is 2.76. The molecule has 0 fully saturated rings. The SMILES string of the molecule is Cc1nc(N)c(C)c(-c2cccc(C(F)(F)F)c2)n1. The van der Waals surface area contributed by atoms with Crippen LogP contribution >= 0.6 is 0 Å². The summed E-state index contributed by atoms with van der Waals surface area (Å²) in [6, 6.07) is 5.01. The molecule has 2 N–H and O–H groups in total. The highest BCUT2D eigenvalue weighted by atomic mass is 19.4. The molecule has 0 radical (unpaired) electrons. The molecular formula is C13H12F3N3. The summed E-state index contributed by atoms with van der Waals surface area (Å²) in [5, 5.41) is 0. The summed E-state index contributed by atoms with van der Waals surface area (Å²) in [6.07, 6.45) is -4.38. The van der Waals surface area contributed by atoms with Crippen molar-refractivity contribution >= 4 is 5.82 Å². The predicted octanol–water partition coefficient (Wildman–Crippen LogP) is 3.36. The highest BCUT2D eigenvalue weighted by molar-refractivity contribution is 5.67. The third kappa shape index (κ3) is 2.67. The number of alkyl halides is 3. The van der Waals surface area contributed by atoms with E-state index < -0.39 is 11.7 Å². The fourth-order valence-electron chi connectivity index (χ4n) is 1.77. The number of halogens is 3. The number of aryl methyl sites for hydroxylation is 1. The van der Waals surface area contributed by atoms with Gasteiger partial charge in [-0.1, -0.05) is 12.1 Å². The van der Waals surface area contributed by atoms with Crippen LogP contribution in [0.3, 0.4) is 0 Å². The molecule has 1 aromatic carbocycles. The van der Waals surface area contributed by atoms with Gasteiger partial charge in [-0.05, 0) is 26.0 Å². The van der Waals surface area contributed by atoms with Gasteiger partial charge in [-0.3, -0.25) is 0 Å². The lowest BCUT2D eigenvalue weighted by Crippen LogP contribution is -2.06.